The standard InChI is InChI=1S/C13H24BN3O6/c1-8(2)22-14-3-4-21-10-5-17(11(19)9(15)6-18)7-13(10,16)12(20)23-14/h8-10,18H,3-7,15-16H2,1-2H3. The third-order valence-electron chi connectivity index (χ3n) is 3.95. The summed E-state index contributed by atoms with van der Waals surface area (Å²) in [6.45, 7) is 3.54. The molecule has 0 aromatic heterocycles. The number of carbonyl (C=O) groups is 2. The molecule has 2 heterocycles. The van der Waals surface area contributed by atoms with Gasteiger partial charge in [-0.1, -0.05) is 0 Å². The minimum absolute atomic E-state index is 0.0720. The van der Waals surface area contributed by atoms with Crippen molar-refractivity contribution in [2.24, 2.45) is 11.5 Å². The first kappa shape index (κ1) is 18.1. The molecule has 2 rings (SSSR count). The second-order valence-electron chi connectivity index (χ2n) is 6.22. The minimum Gasteiger partial charge on any atom is -0.508 e. The zero-order valence-electron chi connectivity index (χ0n) is 13.4. The van der Waals surface area contributed by atoms with Crippen LogP contribution in [0, 0.1) is 0 Å². The fraction of sp³-hybridized carbons (Fsp3) is 0.846. The summed E-state index contributed by atoms with van der Waals surface area (Å²) in [5, 5.41) is 9.01. The first-order chi connectivity index (χ1) is 10.8. The summed E-state index contributed by atoms with van der Waals surface area (Å²) in [5.74, 6) is -1.14. The number of hydrogen-bond donors (Lipinski definition) is 3. The third kappa shape index (κ3) is 3.83. The molecule has 2 saturated heterocycles. The van der Waals surface area contributed by atoms with Gasteiger partial charge in [-0.25, -0.2) is 0 Å². The largest absolute Gasteiger partial charge is 0.529 e. The molecule has 0 radical (unpaired) electrons. The molecule has 5 N–H and O–H groups in total. The molecular formula is C13H24BN3O6. The van der Waals surface area contributed by atoms with E-state index < -0.39 is 43.3 Å². The first-order valence-electron chi connectivity index (χ1n) is 7.70. The van der Waals surface area contributed by atoms with Crippen LogP contribution < -0.4 is 11.5 Å². The van der Waals surface area contributed by atoms with Crippen molar-refractivity contribution in [3.8, 4) is 0 Å². The Morgan fingerprint density at radius 1 is 1.61 bits per heavy atom. The predicted molar refractivity (Wildman–Crippen MR) is 81.2 cm³/mol. The molecule has 3 unspecified atom stereocenters. The Kier molecular flexibility index (Phi) is 5.63. The van der Waals surface area contributed by atoms with Gasteiger partial charge in [0.25, 0.3) is 0 Å². The van der Waals surface area contributed by atoms with Crippen molar-refractivity contribution in [1.29, 1.82) is 0 Å². The molecule has 0 spiro atoms. The normalized spacial score (nSPS) is 29.8. The van der Waals surface area contributed by atoms with Gasteiger partial charge in [0.15, 0.2) is 5.54 Å². The van der Waals surface area contributed by atoms with E-state index in [4.69, 9.17) is 30.6 Å². The molecule has 2 aliphatic heterocycles. The van der Waals surface area contributed by atoms with Crippen molar-refractivity contribution < 1.29 is 28.7 Å². The summed E-state index contributed by atoms with van der Waals surface area (Å²) in [6, 6.07) is -1.05. The zero-order valence-corrected chi connectivity index (χ0v) is 13.4. The van der Waals surface area contributed by atoms with Crippen molar-refractivity contribution in [3.05, 3.63) is 0 Å². The smallest absolute Gasteiger partial charge is 0.508 e. The highest BCUT2D eigenvalue weighted by atomic mass is 16.6. The van der Waals surface area contributed by atoms with Gasteiger partial charge in [0.2, 0.25) is 5.91 Å². The molecule has 0 saturated carbocycles. The van der Waals surface area contributed by atoms with E-state index in [0.717, 1.165) is 0 Å². The lowest BCUT2D eigenvalue weighted by Gasteiger charge is -2.32. The average molecular weight is 329 g/mol. The van der Waals surface area contributed by atoms with Crippen LogP contribution in [0.2, 0.25) is 6.32 Å². The predicted octanol–water partition coefficient (Wildman–Crippen LogP) is -2.30. The maximum atomic E-state index is 12.4. The number of aliphatic hydroxyl groups is 1. The maximum Gasteiger partial charge on any atom is 0.529 e. The Hall–Kier alpha value is -1.20. The molecule has 0 aromatic rings. The van der Waals surface area contributed by atoms with Crippen LogP contribution in [0.3, 0.4) is 0 Å². The van der Waals surface area contributed by atoms with E-state index in [2.05, 4.69) is 0 Å². The van der Waals surface area contributed by atoms with Crippen LogP contribution in [0.15, 0.2) is 0 Å². The Labute approximate surface area is 135 Å². The van der Waals surface area contributed by atoms with Gasteiger partial charge in [-0.3, -0.25) is 9.59 Å². The number of nitrogens with zero attached hydrogens (tertiary/aromatic N) is 1. The van der Waals surface area contributed by atoms with Gasteiger partial charge < -0.3 is 35.5 Å². The van der Waals surface area contributed by atoms with E-state index in [0.29, 0.717) is 12.9 Å². The Morgan fingerprint density at radius 2 is 2.30 bits per heavy atom. The van der Waals surface area contributed by atoms with Gasteiger partial charge in [0.05, 0.1) is 13.2 Å². The van der Waals surface area contributed by atoms with Crippen LogP contribution in [0.4, 0.5) is 0 Å². The number of aliphatic hydroxyl groups excluding tert-OH is 1. The highest BCUT2D eigenvalue weighted by Gasteiger charge is 2.55. The number of ether oxygens (including phenoxy) is 1. The highest BCUT2D eigenvalue weighted by molar-refractivity contribution is 6.47. The minimum atomic E-state index is -1.47. The number of fused-ring (bicyclic) bond motifs is 1. The van der Waals surface area contributed by atoms with E-state index in [1.165, 1.54) is 4.90 Å². The molecule has 2 fully saturated rings. The molecule has 23 heavy (non-hydrogen) atoms. The maximum absolute atomic E-state index is 12.4. The van der Waals surface area contributed by atoms with Crippen molar-refractivity contribution in [3.63, 3.8) is 0 Å². The van der Waals surface area contributed by atoms with E-state index in [1.54, 1.807) is 0 Å². The summed E-state index contributed by atoms with van der Waals surface area (Å²) in [7, 11) is -0.728. The number of nitrogens with two attached hydrogens (primary N) is 2. The molecular weight excluding hydrogens is 305 g/mol. The summed E-state index contributed by atoms with van der Waals surface area (Å²) < 4.78 is 16.5. The average Bonchev–Trinajstić information content (AvgIpc) is 2.82. The summed E-state index contributed by atoms with van der Waals surface area (Å²) >= 11 is 0. The number of amides is 1. The monoisotopic (exact) mass is 329 g/mol. The summed E-state index contributed by atoms with van der Waals surface area (Å²) in [6.07, 6.45) is -0.397. The van der Waals surface area contributed by atoms with E-state index >= 15 is 0 Å². The van der Waals surface area contributed by atoms with Crippen LogP contribution >= 0.6 is 0 Å². The lowest BCUT2D eigenvalue weighted by Crippen LogP contribution is -2.61. The van der Waals surface area contributed by atoms with Gasteiger partial charge in [0.1, 0.15) is 12.1 Å². The van der Waals surface area contributed by atoms with Gasteiger partial charge in [-0.2, -0.15) is 0 Å². The van der Waals surface area contributed by atoms with Crippen LogP contribution in [0.1, 0.15) is 13.8 Å². The molecule has 0 bridgehead atoms. The Morgan fingerprint density at radius 3 is 2.91 bits per heavy atom. The molecule has 3 atom stereocenters. The van der Waals surface area contributed by atoms with Crippen molar-refractivity contribution in [2.45, 2.75) is 44.0 Å². The number of hydrogen-bond acceptors (Lipinski definition) is 8. The fourth-order valence-corrected chi connectivity index (χ4v) is 2.72. The van der Waals surface area contributed by atoms with Crippen LogP contribution in [0.25, 0.3) is 0 Å². The zero-order chi connectivity index (χ0) is 17.2. The van der Waals surface area contributed by atoms with Gasteiger partial charge >= 0.3 is 13.1 Å². The topological polar surface area (TPSA) is 137 Å². The molecule has 1 amide bonds. The second-order valence-corrected chi connectivity index (χ2v) is 6.22. The molecule has 9 nitrogen and oxygen atoms in total. The lowest BCUT2D eigenvalue weighted by atomic mass is 9.82. The van der Waals surface area contributed by atoms with E-state index in [1.807, 2.05) is 13.8 Å². The number of likely N-dealkylation sites (tertiary alicyclic amines) is 1. The van der Waals surface area contributed by atoms with Crippen LogP contribution in [-0.4, -0.2) is 79.1 Å². The number of rotatable bonds is 4. The van der Waals surface area contributed by atoms with Crippen molar-refractivity contribution in [1.82, 2.24) is 4.90 Å². The quantitative estimate of drug-likeness (QED) is 0.490. The third-order valence-corrected chi connectivity index (χ3v) is 3.95. The SMILES string of the molecule is CC(C)OB1CCOC2CN(C(=O)C(N)CO)CC2(N)C(=O)O1. The first-order valence-corrected chi connectivity index (χ1v) is 7.70. The van der Waals surface area contributed by atoms with Gasteiger partial charge in [0, 0.05) is 25.6 Å². The lowest BCUT2D eigenvalue weighted by molar-refractivity contribution is -0.148. The van der Waals surface area contributed by atoms with Crippen LogP contribution in [-0.2, 0) is 23.6 Å². The van der Waals surface area contributed by atoms with E-state index in [9.17, 15) is 9.59 Å². The molecule has 0 aromatic carbocycles. The van der Waals surface area contributed by atoms with Gasteiger partial charge in [-0.15, -0.1) is 0 Å². The molecule has 0 aliphatic carbocycles. The fourth-order valence-electron chi connectivity index (χ4n) is 2.72. The Bertz CT molecular complexity index is 465. The Balaban J connectivity index is 2.11. The van der Waals surface area contributed by atoms with E-state index in [-0.39, 0.29) is 19.2 Å². The van der Waals surface area contributed by atoms with Gasteiger partial charge in [-0.05, 0) is 13.8 Å². The molecule has 130 valence electrons. The molecule has 10 heteroatoms. The summed E-state index contributed by atoms with van der Waals surface area (Å²) in [5.41, 5.74) is 10.3. The van der Waals surface area contributed by atoms with Crippen LogP contribution in [0.5, 0.6) is 0 Å². The summed E-state index contributed by atoms with van der Waals surface area (Å²) in [4.78, 5) is 25.9. The highest BCUT2D eigenvalue weighted by Crippen LogP contribution is 2.27. The van der Waals surface area contributed by atoms with Crippen molar-refractivity contribution >= 4 is 19.0 Å². The molecule has 2 aliphatic rings. The van der Waals surface area contributed by atoms with Crippen molar-refractivity contribution in [2.75, 3.05) is 26.3 Å². The second kappa shape index (κ2) is 7.14. The number of carbonyl (C=O) groups excluding carboxylic acids is 2.